The average molecular weight is 220 g/mol. The third-order valence-electron chi connectivity index (χ3n) is 3.29. The molecule has 1 aliphatic rings. The molecular formula is C13H20N2O. The monoisotopic (exact) mass is 220 g/mol. The van der Waals surface area contributed by atoms with Crippen molar-refractivity contribution >= 4 is 0 Å². The molecule has 16 heavy (non-hydrogen) atoms. The van der Waals surface area contributed by atoms with Gasteiger partial charge in [-0.25, -0.2) is 0 Å². The summed E-state index contributed by atoms with van der Waals surface area (Å²) in [6.07, 6.45) is 5.94. The summed E-state index contributed by atoms with van der Waals surface area (Å²) in [7, 11) is 1.80. The van der Waals surface area contributed by atoms with Crippen molar-refractivity contribution in [2.75, 3.05) is 7.11 Å². The van der Waals surface area contributed by atoms with Gasteiger partial charge in [-0.15, -0.1) is 0 Å². The Morgan fingerprint density at radius 1 is 1.44 bits per heavy atom. The molecule has 88 valence electrons. The number of nitrogens with one attached hydrogen (secondary N) is 1. The molecule has 2 rings (SSSR count). The van der Waals surface area contributed by atoms with Crippen LogP contribution in [0.1, 0.15) is 30.5 Å². The second-order valence-electron chi connectivity index (χ2n) is 4.56. The van der Waals surface area contributed by atoms with E-state index >= 15 is 0 Å². The van der Waals surface area contributed by atoms with E-state index in [1.165, 1.54) is 18.4 Å². The van der Waals surface area contributed by atoms with E-state index in [2.05, 4.69) is 22.4 Å². The number of nitrogens with zero attached hydrogens (tertiary/aromatic N) is 1. The fourth-order valence-corrected chi connectivity index (χ4v) is 2.20. The van der Waals surface area contributed by atoms with Crippen LogP contribution in [-0.2, 0) is 11.3 Å². The van der Waals surface area contributed by atoms with Crippen LogP contribution < -0.4 is 5.32 Å². The third-order valence-corrected chi connectivity index (χ3v) is 3.29. The Morgan fingerprint density at radius 3 is 2.94 bits per heavy atom. The Morgan fingerprint density at radius 2 is 2.31 bits per heavy atom. The molecule has 0 radical (unpaired) electrons. The van der Waals surface area contributed by atoms with Gasteiger partial charge in [0.25, 0.3) is 0 Å². The number of aryl methyl sites for hydroxylation is 1. The molecule has 3 heteroatoms. The molecule has 0 bridgehead atoms. The predicted octanol–water partition coefficient (Wildman–Crippen LogP) is 2.05. The lowest BCUT2D eigenvalue weighted by atomic mass is 10.2. The highest BCUT2D eigenvalue weighted by Crippen LogP contribution is 2.21. The van der Waals surface area contributed by atoms with Gasteiger partial charge in [-0.2, -0.15) is 0 Å². The molecule has 2 atom stereocenters. The number of methoxy groups -OCH3 is 1. The lowest BCUT2D eigenvalue weighted by Crippen LogP contribution is -2.26. The molecule has 1 fully saturated rings. The number of aromatic nitrogens is 1. The summed E-state index contributed by atoms with van der Waals surface area (Å²) in [6.45, 7) is 2.92. The van der Waals surface area contributed by atoms with Gasteiger partial charge in [0, 0.05) is 31.6 Å². The molecule has 0 aliphatic heterocycles. The smallest absolute Gasteiger partial charge is 0.0586 e. The second-order valence-corrected chi connectivity index (χ2v) is 4.56. The van der Waals surface area contributed by atoms with E-state index in [4.69, 9.17) is 4.74 Å². The zero-order valence-corrected chi connectivity index (χ0v) is 10.1. The molecule has 2 unspecified atom stereocenters. The summed E-state index contributed by atoms with van der Waals surface area (Å²) in [6, 6.07) is 4.80. The molecule has 1 heterocycles. The maximum atomic E-state index is 5.36. The van der Waals surface area contributed by atoms with Crippen molar-refractivity contribution in [2.45, 2.75) is 44.9 Å². The fraction of sp³-hybridized carbons (Fsp3) is 0.615. The van der Waals surface area contributed by atoms with Gasteiger partial charge in [-0.05, 0) is 37.8 Å². The van der Waals surface area contributed by atoms with E-state index in [1.54, 1.807) is 7.11 Å². The van der Waals surface area contributed by atoms with Gasteiger partial charge >= 0.3 is 0 Å². The minimum absolute atomic E-state index is 0.452. The lowest BCUT2D eigenvalue weighted by Gasteiger charge is -2.12. The van der Waals surface area contributed by atoms with Gasteiger partial charge in [0.05, 0.1) is 6.10 Å². The molecule has 0 aromatic carbocycles. The first-order chi connectivity index (χ1) is 7.78. The van der Waals surface area contributed by atoms with E-state index in [9.17, 15) is 0 Å². The highest BCUT2D eigenvalue weighted by atomic mass is 16.5. The topological polar surface area (TPSA) is 34.1 Å². The van der Waals surface area contributed by atoms with E-state index in [-0.39, 0.29) is 0 Å². The number of rotatable bonds is 4. The van der Waals surface area contributed by atoms with Crippen molar-refractivity contribution in [3.05, 3.63) is 29.6 Å². The normalized spacial score (nSPS) is 24.9. The van der Waals surface area contributed by atoms with Crippen LogP contribution in [0, 0.1) is 6.92 Å². The predicted molar refractivity (Wildman–Crippen MR) is 64.2 cm³/mol. The maximum absolute atomic E-state index is 5.36. The Kier molecular flexibility index (Phi) is 3.91. The highest BCUT2D eigenvalue weighted by Gasteiger charge is 2.23. The number of hydrogen-bond donors (Lipinski definition) is 1. The molecular weight excluding hydrogens is 200 g/mol. The van der Waals surface area contributed by atoms with Crippen LogP contribution in [0.2, 0.25) is 0 Å². The van der Waals surface area contributed by atoms with Crippen molar-refractivity contribution in [3.8, 4) is 0 Å². The first kappa shape index (κ1) is 11.6. The van der Waals surface area contributed by atoms with Gasteiger partial charge in [-0.3, -0.25) is 4.98 Å². The zero-order chi connectivity index (χ0) is 11.4. The Hall–Kier alpha value is -0.930. The van der Waals surface area contributed by atoms with Crippen LogP contribution >= 0.6 is 0 Å². The minimum atomic E-state index is 0.452. The van der Waals surface area contributed by atoms with Crippen molar-refractivity contribution in [1.82, 2.24) is 10.3 Å². The summed E-state index contributed by atoms with van der Waals surface area (Å²) >= 11 is 0. The van der Waals surface area contributed by atoms with Gasteiger partial charge in [0.15, 0.2) is 0 Å². The maximum Gasteiger partial charge on any atom is 0.0586 e. The summed E-state index contributed by atoms with van der Waals surface area (Å²) < 4.78 is 5.36. The van der Waals surface area contributed by atoms with Crippen LogP contribution in [0.5, 0.6) is 0 Å². The summed E-state index contributed by atoms with van der Waals surface area (Å²) in [5.74, 6) is 0. The largest absolute Gasteiger partial charge is 0.381 e. The Balaban J connectivity index is 1.77. The molecule has 3 nitrogen and oxygen atoms in total. The number of pyridine rings is 1. The average Bonchev–Trinajstić information content (AvgIpc) is 2.76. The number of hydrogen-bond acceptors (Lipinski definition) is 3. The Bertz CT molecular complexity index is 323. The first-order valence-corrected chi connectivity index (χ1v) is 5.95. The molecule has 1 N–H and O–H groups in total. The lowest BCUT2D eigenvalue weighted by molar-refractivity contribution is 0.107. The van der Waals surface area contributed by atoms with E-state index in [1.807, 2.05) is 13.1 Å². The zero-order valence-electron chi connectivity index (χ0n) is 10.1. The van der Waals surface area contributed by atoms with Crippen LogP contribution in [0.3, 0.4) is 0 Å². The molecule has 0 saturated heterocycles. The number of ether oxygens (including phenoxy) is 1. The van der Waals surface area contributed by atoms with Crippen molar-refractivity contribution in [3.63, 3.8) is 0 Å². The molecule has 1 aromatic rings. The summed E-state index contributed by atoms with van der Waals surface area (Å²) in [5.41, 5.74) is 2.33. The molecule has 0 spiro atoms. The summed E-state index contributed by atoms with van der Waals surface area (Å²) in [5, 5.41) is 3.56. The SMILES string of the molecule is COC1CCC(NCc2ccc(C)nc2)C1. The van der Waals surface area contributed by atoms with Crippen molar-refractivity contribution in [2.24, 2.45) is 0 Å². The summed E-state index contributed by atoms with van der Waals surface area (Å²) in [4.78, 5) is 4.29. The highest BCUT2D eigenvalue weighted by molar-refractivity contribution is 5.12. The second kappa shape index (κ2) is 5.41. The van der Waals surface area contributed by atoms with E-state index < -0.39 is 0 Å². The fourth-order valence-electron chi connectivity index (χ4n) is 2.20. The van der Waals surface area contributed by atoms with Gasteiger partial charge < -0.3 is 10.1 Å². The molecule has 0 amide bonds. The van der Waals surface area contributed by atoms with Crippen LogP contribution in [0.25, 0.3) is 0 Å². The van der Waals surface area contributed by atoms with E-state index in [0.29, 0.717) is 12.1 Å². The molecule has 1 saturated carbocycles. The van der Waals surface area contributed by atoms with Gasteiger partial charge in [0.1, 0.15) is 0 Å². The first-order valence-electron chi connectivity index (χ1n) is 5.95. The standard InChI is InChI=1S/C13H20N2O/c1-10-3-4-11(8-14-10)9-15-12-5-6-13(7-12)16-2/h3-4,8,12-13,15H,5-7,9H2,1-2H3. The van der Waals surface area contributed by atoms with Crippen LogP contribution in [0.15, 0.2) is 18.3 Å². The van der Waals surface area contributed by atoms with Crippen molar-refractivity contribution in [1.29, 1.82) is 0 Å². The minimum Gasteiger partial charge on any atom is -0.381 e. The van der Waals surface area contributed by atoms with Gasteiger partial charge in [-0.1, -0.05) is 6.07 Å². The molecule has 1 aliphatic carbocycles. The quantitative estimate of drug-likeness (QED) is 0.843. The van der Waals surface area contributed by atoms with Crippen molar-refractivity contribution < 1.29 is 4.74 Å². The Labute approximate surface area is 97.2 Å². The van der Waals surface area contributed by atoms with Crippen LogP contribution in [-0.4, -0.2) is 24.2 Å². The van der Waals surface area contributed by atoms with E-state index in [0.717, 1.165) is 18.7 Å². The molecule has 1 aromatic heterocycles. The van der Waals surface area contributed by atoms with Gasteiger partial charge in [0.2, 0.25) is 0 Å². The third kappa shape index (κ3) is 3.03. The van der Waals surface area contributed by atoms with Crippen LogP contribution in [0.4, 0.5) is 0 Å².